The van der Waals surface area contributed by atoms with Crippen molar-refractivity contribution in [2.45, 2.75) is 16.9 Å². The quantitative estimate of drug-likeness (QED) is 0.237. The van der Waals surface area contributed by atoms with Gasteiger partial charge in [0.05, 0.1) is 23.1 Å². The van der Waals surface area contributed by atoms with Gasteiger partial charge in [0.2, 0.25) is 0 Å². The van der Waals surface area contributed by atoms with Crippen LogP contribution in [0.15, 0.2) is 100 Å². The number of halogens is 1. The van der Waals surface area contributed by atoms with E-state index in [0.717, 1.165) is 32.4 Å². The van der Waals surface area contributed by atoms with E-state index in [0.29, 0.717) is 22.1 Å². The van der Waals surface area contributed by atoms with Crippen molar-refractivity contribution in [1.29, 1.82) is 5.26 Å². The van der Waals surface area contributed by atoms with E-state index >= 15 is 0 Å². The fourth-order valence-corrected chi connectivity index (χ4v) is 6.18. The van der Waals surface area contributed by atoms with E-state index in [1.54, 1.807) is 0 Å². The lowest BCUT2D eigenvalue weighted by Gasteiger charge is -2.14. The van der Waals surface area contributed by atoms with Crippen molar-refractivity contribution in [2.24, 2.45) is 0 Å². The number of aliphatic hydroxyl groups excluding tert-OH is 1. The molecule has 4 aromatic rings. The van der Waals surface area contributed by atoms with E-state index in [4.69, 9.17) is 4.98 Å². The van der Waals surface area contributed by atoms with Gasteiger partial charge in [-0.05, 0) is 29.3 Å². The Balaban J connectivity index is 1.58. The van der Waals surface area contributed by atoms with Gasteiger partial charge in [-0.25, -0.2) is 4.98 Å². The predicted molar refractivity (Wildman–Crippen MR) is 147 cm³/mol. The molecule has 1 N–H and O–H groups in total. The summed E-state index contributed by atoms with van der Waals surface area (Å²) in [4.78, 5) is 4.79. The normalized spacial score (nSPS) is 12.6. The Morgan fingerprint density at radius 3 is 2.29 bits per heavy atom. The van der Waals surface area contributed by atoms with Crippen molar-refractivity contribution in [3.8, 4) is 28.5 Å². The highest BCUT2D eigenvalue weighted by Crippen LogP contribution is 2.34. The number of pyridine rings is 1. The molecule has 1 aromatic heterocycles. The van der Waals surface area contributed by atoms with Gasteiger partial charge in [0, 0.05) is 37.9 Å². The Kier molecular flexibility index (Phi) is 8.89. The smallest absolute Gasteiger partial charge is 0.115 e. The van der Waals surface area contributed by atoms with Gasteiger partial charge in [0.15, 0.2) is 0 Å². The number of nitriles is 1. The Labute approximate surface area is 220 Å². The highest BCUT2D eigenvalue weighted by molar-refractivity contribution is 9.10. The molecule has 0 fully saturated rings. The fraction of sp³-hybridized carbons (Fsp3) is 0.143. The molecule has 7 heteroatoms. The van der Waals surface area contributed by atoms with Crippen molar-refractivity contribution < 1.29 is 9.32 Å². The summed E-state index contributed by atoms with van der Waals surface area (Å²) in [6.45, 7) is 0. The maximum absolute atomic E-state index is 12.5. The summed E-state index contributed by atoms with van der Waals surface area (Å²) in [5.74, 6) is 0.865. The van der Waals surface area contributed by atoms with E-state index in [1.165, 1.54) is 11.8 Å². The molecule has 4 rings (SSSR count). The number of hydrogen-bond acceptors (Lipinski definition) is 5. The second kappa shape index (κ2) is 12.3. The van der Waals surface area contributed by atoms with E-state index in [2.05, 4.69) is 22.0 Å². The van der Waals surface area contributed by atoms with Gasteiger partial charge < -0.3 is 5.11 Å². The van der Waals surface area contributed by atoms with Gasteiger partial charge in [0.1, 0.15) is 11.1 Å². The monoisotopic (exact) mass is 562 g/mol. The first-order valence-electron chi connectivity index (χ1n) is 11.0. The first-order valence-corrected chi connectivity index (χ1v) is 14.3. The molecular formula is C28H23BrN2O2S2. The highest BCUT2D eigenvalue weighted by atomic mass is 79.9. The van der Waals surface area contributed by atoms with Crippen LogP contribution in [0.4, 0.5) is 0 Å². The summed E-state index contributed by atoms with van der Waals surface area (Å²) >= 11 is 4.79. The van der Waals surface area contributed by atoms with E-state index in [1.807, 2.05) is 91.0 Å². The van der Waals surface area contributed by atoms with Crippen LogP contribution in [-0.4, -0.2) is 31.9 Å². The number of rotatable bonds is 9. The summed E-state index contributed by atoms with van der Waals surface area (Å²) in [5.41, 5.74) is 4.86. The van der Waals surface area contributed by atoms with Crippen molar-refractivity contribution in [3.05, 3.63) is 107 Å². The molecule has 1 heterocycles. The largest absolute Gasteiger partial charge is 0.391 e. The first-order chi connectivity index (χ1) is 17.0. The van der Waals surface area contributed by atoms with Crippen LogP contribution in [0.5, 0.6) is 0 Å². The molecule has 0 aliphatic heterocycles. The maximum Gasteiger partial charge on any atom is 0.115 e. The van der Waals surface area contributed by atoms with Crippen molar-refractivity contribution >= 4 is 38.5 Å². The summed E-state index contributed by atoms with van der Waals surface area (Å²) in [6.07, 6.45) is -0.783. The van der Waals surface area contributed by atoms with Crippen LogP contribution in [0.1, 0.15) is 11.1 Å². The summed E-state index contributed by atoms with van der Waals surface area (Å²) in [6, 6.07) is 31.5. The summed E-state index contributed by atoms with van der Waals surface area (Å²) in [7, 11) is -1.19. The van der Waals surface area contributed by atoms with Gasteiger partial charge in [-0.1, -0.05) is 88.7 Å². The van der Waals surface area contributed by atoms with Crippen LogP contribution < -0.4 is 0 Å². The highest BCUT2D eigenvalue weighted by Gasteiger charge is 2.18. The number of nitrogens with zero attached hydrogens (tertiary/aromatic N) is 2. The first kappa shape index (κ1) is 25.3. The standard InChI is InChI=1S/C28H23BrN2O2S2/c29-23-13-11-22(12-14-23)27-15-25(21-9-5-2-6-10-21)26(16-30)28(31-27)34-17-24(32)19-35(33)18-20-7-3-1-4-8-20/h1-15,24,32H,17-19H2/t24-,35+/m1/s1. The van der Waals surface area contributed by atoms with Crippen molar-refractivity contribution in [3.63, 3.8) is 0 Å². The molecule has 0 saturated carbocycles. The second-order valence-electron chi connectivity index (χ2n) is 7.92. The van der Waals surface area contributed by atoms with E-state index in [9.17, 15) is 14.6 Å². The number of benzene rings is 3. The number of aromatic nitrogens is 1. The van der Waals surface area contributed by atoms with Crippen molar-refractivity contribution in [2.75, 3.05) is 11.5 Å². The molecule has 0 saturated heterocycles. The molecule has 0 bridgehead atoms. The number of hydrogen-bond donors (Lipinski definition) is 1. The Hall–Kier alpha value is -2.76. The average Bonchev–Trinajstić information content (AvgIpc) is 2.88. The van der Waals surface area contributed by atoms with Gasteiger partial charge in [-0.15, -0.1) is 11.8 Å². The van der Waals surface area contributed by atoms with Crippen LogP contribution in [0.3, 0.4) is 0 Å². The fourth-order valence-electron chi connectivity index (χ4n) is 3.60. The van der Waals surface area contributed by atoms with Crippen LogP contribution in [-0.2, 0) is 16.6 Å². The number of thioether (sulfide) groups is 1. The molecular weight excluding hydrogens is 540 g/mol. The zero-order chi connectivity index (χ0) is 24.6. The molecule has 0 amide bonds. The molecule has 176 valence electrons. The van der Waals surface area contributed by atoms with Gasteiger partial charge >= 0.3 is 0 Å². The number of aliphatic hydroxyl groups is 1. The molecule has 0 aliphatic carbocycles. The Bertz CT molecular complexity index is 1340. The van der Waals surface area contributed by atoms with Gasteiger partial charge in [0.25, 0.3) is 0 Å². The van der Waals surface area contributed by atoms with Gasteiger partial charge in [-0.3, -0.25) is 4.21 Å². The SMILES string of the molecule is N#Cc1c(-c2ccccc2)cc(-c2ccc(Br)cc2)nc1SC[C@@H](O)C[S@@](=O)Cc1ccccc1. The lowest BCUT2D eigenvalue weighted by molar-refractivity contribution is 0.224. The third-order valence-corrected chi connectivity index (χ3v) is 8.34. The zero-order valence-corrected chi connectivity index (χ0v) is 22.0. The Morgan fingerprint density at radius 2 is 1.63 bits per heavy atom. The third kappa shape index (κ3) is 6.89. The molecule has 0 radical (unpaired) electrons. The Morgan fingerprint density at radius 1 is 0.971 bits per heavy atom. The topological polar surface area (TPSA) is 74.0 Å². The summed E-state index contributed by atoms with van der Waals surface area (Å²) < 4.78 is 13.5. The van der Waals surface area contributed by atoms with Crippen LogP contribution in [0.25, 0.3) is 22.4 Å². The zero-order valence-electron chi connectivity index (χ0n) is 18.8. The lowest BCUT2D eigenvalue weighted by Crippen LogP contribution is -2.20. The molecule has 4 nitrogen and oxygen atoms in total. The van der Waals surface area contributed by atoms with Gasteiger partial charge in [-0.2, -0.15) is 5.26 Å². The van der Waals surface area contributed by atoms with Crippen LogP contribution in [0.2, 0.25) is 0 Å². The molecule has 0 aliphatic rings. The third-order valence-electron chi connectivity index (χ3n) is 5.28. The summed E-state index contributed by atoms with van der Waals surface area (Å²) in [5, 5.41) is 21.2. The van der Waals surface area contributed by atoms with Crippen LogP contribution in [0, 0.1) is 11.3 Å². The van der Waals surface area contributed by atoms with E-state index in [-0.39, 0.29) is 5.75 Å². The van der Waals surface area contributed by atoms with E-state index < -0.39 is 16.9 Å². The molecule has 2 atom stereocenters. The van der Waals surface area contributed by atoms with Crippen molar-refractivity contribution in [1.82, 2.24) is 4.98 Å². The second-order valence-corrected chi connectivity index (χ2v) is 11.3. The minimum atomic E-state index is -1.19. The minimum absolute atomic E-state index is 0.168. The molecule has 35 heavy (non-hydrogen) atoms. The lowest BCUT2D eigenvalue weighted by atomic mass is 9.99. The molecule has 0 unspecified atom stereocenters. The minimum Gasteiger partial charge on any atom is -0.391 e. The molecule has 0 spiro atoms. The average molecular weight is 564 g/mol. The maximum atomic E-state index is 12.5. The molecule has 3 aromatic carbocycles. The van der Waals surface area contributed by atoms with Crippen LogP contribution >= 0.6 is 27.7 Å². The predicted octanol–water partition coefficient (Wildman–Crippen LogP) is 6.45.